The van der Waals surface area contributed by atoms with Crippen molar-refractivity contribution in [1.82, 2.24) is 0 Å². The Morgan fingerprint density at radius 3 is 2.54 bits per heavy atom. The molecule has 0 aliphatic rings. The number of ether oxygens (including phenoxy) is 1. The standard InChI is InChI=1S/C9H11F2NO/c1-7(6-12)3-8(2)13-9(4-10)5-11/h3,9H,2,4-5H2,1H3. The molecular weight excluding hydrogens is 176 g/mol. The lowest BCUT2D eigenvalue weighted by molar-refractivity contribution is 0.0768. The number of hydrogen-bond donors (Lipinski definition) is 0. The average Bonchev–Trinajstić information content (AvgIpc) is 2.13. The quantitative estimate of drug-likeness (QED) is 0.376. The van der Waals surface area contributed by atoms with Gasteiger partial charge < -0.3 is 4.74 Å². The van der Waals surface area contributed by atoms with Crippen molar-refractivity contribution in [3.8, 4) is 6.07 Å². The van der Waals surface area contributed by atoms with E-state index in [0.29, 0.717) is 5.57 Å². The van der Waals surface area contributed by atoms with Gasteiger partial charge in [0.05, 0.1) is 6.07 Å². The molecule has 4 heteroatoms. The molecule has 0 aliphatic carbocycles. The van der Waals surface area contributed by atoms with Gasteiger partial charge in [-0.2, -0.15) is 5.26 Å². The van der Waals surface area contributed by atoms with E-state index in [0.717, 1.165) is 0 Å². The Bertz CT molecular complexity index is 238. The normalized spacial score (nSPS) is 11.2. The lowest BCUT2D eigenvalue weighted by Crippen LogP contribution is -2.16. The number of allylic oxidation sites excluding steroid dienone is 2. The molecule has 0 amide bonds. The topological polar surface area (TPSA) is 33.0 Å². The van der Waals surface area contributed by atoms with Crippen molar-refractivity contribution in [2.75, 3.05) is 13.3 Å². The van der Waals surface area contributed by atoms with Crippen molar-refractivity contribution >= 4 is 0 Å². The van der Waals surface area contributed by atoms with Crippen LogP contribution in [0.15, 0.2) is 24.0 Å². The number of hydrogen-bond acceptors (Lipinski definition) is 2. The van der Waals surface area contributed by atoms with Gasteiger partial charge in [-0.3, -0.25) is 0 Å². The number of alkyl halides is 2. The highest BCUT2D eigenvalue weighted by atomic mass is 19.1. The minimum absolute atomic E-state index is 0.0966. The Morgan fingerprint density at radius 2 is 2.15 bits per heavy atom. The predicted molar refractivity (Wildman–Crippen MR) is 45.3 cm³/mol. The summed E-state index contributed by atoms with van der Waals surface area (Å²) in [5.74, 6) is 0.0966. The number of nitrogens with zero attached hydrogens (tertiary/aromatic N) is 1. The van der Waals surface area contributed by atoms with Gasteiger partial charge in [-0.05, 0) is 13.0 Å². The molecule has 0 aromatic rings. The highest BCUT2D eigenvalue weighted by molar-refractivity contribution is 5.25. The fourth-order valence-corrected chi connectivity index (χ4v) is 0.626. The monoisotopic (exact) mass is 187 g/mol. The van der Waals surface area contributed by atoms with Crippen LogP contribution in [0.1, 0.15) is 6.92 Å². The van der Waals surface area contributed by atoms with Crippen LogP contribution in [0, 0.1) is 11.3 Å². The zero-order valence-corrected chi connectivity index (χ0v) is 7.39. The summed E-state index contributed by atoms with van der Waals surface area (Å²) in [5.41, 5.74) is 0.376. The minimum atomic E-state index is -1.12. The van der Waals surface area contributed by atoms with Crippen molar-refractivity contribution < 1.29 is 13.5 Å². The first-order chi connectivity index (χ1) is 6.13. The highest BCUT2D eigenvalue weighted by Crippen LogP contribution is 2.06. The van der Waals surface area contributed by atoms with Crippen LogP contribution in [0.4, 0.5) is 8.78 Å². The van der Waals surface area contributed by atoms with Crippen LogP contribution >= 0.6 is 0 Å². The van der Waals surface area contributed by atoms with Crippen LogP contribution < -0.4 is 0 Å². The molecule has 0 fully saturated rings. The molecule has 0 rings (SSSR count). The van der Waals surface area contributed by atoms with E-state index < -0.39 is 19.5 Å². The zero-order valence-electron chi connectivity index (χ0n) is 7.39. The SMILES string of the molecule is C=C(C=C(C)C#N)OC(CF)CF. The van der Waals surface area contributed by atoms with E-state index in [4.69, 9.17) is 10.00 Å². The number of rotatable bonds is 5. The molecule has 0 spiro atoms. The van der Waals surface area contributed by atoms with Crippen LogP contribution in [0.5, 0.6) is 0 Å². The summed E-state index contributed by atoms with van der Waals surface area (Å²) in [5, 5.41) is 8.37. The molecule has 0 N–H and O–H groups in total. The smallest absolute Gasteiger partial charge is 0.155 e. The molecule has 72 valence electrons. The van der Waals surface area contributed by atoms with Crippen LogP contribution in [-0.2, 0) is 4.74 Å². The summed E-state index contributed by atoms with van der Waals surface area (Å²) in [6.45, 7) is 3.13. The maximum absolute atomic E-state index is 11.9. The van der Waals surface area contributed by atoms with Crippen LogP contribution in [0.3, 0.4) is 0 Å². The van der Waals surface area contributed by atoms with Crippen molar-refractivity contribution in [1.29, 1.82) is 5.26 Å². The van der Waals surface area contributed by atoms with Crippen molar-refractivity contribution in [2.24, 2.45) is 0 Å². The molecule has 0 radical (unpaired) electrons. The second-order valence-electron chi connectivity index (χ2n) is 2.45. The fourth-order valence-electron chi connectivity index (χ4n) is 0.626. The molecule has 0 unspecified atom stereocenters. The van der Waals surface area contributed by atoms with Crippen LogP contribution in [-0.4, -0.2) is 19.5 Å². The molecular formula is C9H11F2NO. The summed E-state index contributed by atoms with van der Waals surface area (Å²) in [6.07, 6.45) is 0.216. The largest absolute Gasteiger partial charge is 0.486 e. The van der Waals surface area contributed by atoms with E-state index in [9.17, 15) is 8.78 Å². The molecule has 2 nitrogen and oxygen atoms in total. The lowest BCUT2D eigenvalue weighted by Gasteiger charge is -2.11. The van der Waals surface area contributed by atoms with E-state index >= 15 is 0 Å². The molecule has 0 atom stereocenters. The fraction of sp³-hybridized carbons (Fsp3) is 0.444. The molecule has 0 aliphatic heterocycles. The van der Waals surface area contributed by atoms with Gasteiger partial charge in [-0.15, -0.1) is 0 Å². The number of halogens is 2. The zero-order chi connectivity index (χ0) is 10.3. The summed E-state index contributed by atoms with van der Waals surface area (Å²) >= 11 is 0. The van der Waals surface area contributed by atoms with Gasteiger partial charge in [-0.1, -0.05) is 6.58 Å². The van der Waals surface area contributed by atoms with Gasteiger partial charge in [0.2, 0.25) is 0 Å². The maximum Gasteiger partial charge on any atom is 0.155 e. The van der Waals surface area contributed by atoms with Crippen molar-refractivity contribution in [3.63, 3.8) is 0 Å². The van der Waals surface area contributed by atoms with Gasteiger partial charge in [0.1, 0.15) is 19.1 Å². The Balaban J connectivity index is 4.09. The van der Waals surface area contributed by atoms with Gasteiger partial charge in [0.15, 0.2) is 6.10 Å². The average molecular weight is 187 g/mol. The molecule has 0 saturated carbocycles. The van der Waals surface area contributed by atoms with E-state index in [1.165, 1.54) is 6.08 Å². The summed E-state index contributed by atoms with van der Waals surface area (Å²) < 4.78 is 28.6. The Labute approximate surface area is 76.1 Å². The summed E-state index contributed by atoms with van der Waals surface area (Å²) in [4.78, 5) is 0. The van der Waals surface area contributed by atoms with E-state index in [-0.39, 0.29) is 5.76 Å². The minimum Gasteiger partial charge on any atom is -0.486 e. The maximum atomic E-state index is 11.9. The third-order valence-electron chi connectivity index (χ3n) is 1.22. The Morgan fingerprint density at radius 1 is 1.62 bits per heavy atom. The first kappa shape index (κ1) is 11.6. The molecule has 0 aromatic heterocycles. The predicted octanol–water partition coefficient (Wildman–Crippen LogP) is 2.29. The highest BCUT2D eigenvalue weighted by Gasteiger charge is 2.08. The van der Waals surface area contributed by atoms with E-state index in [1.54, 1.807) is 6.92 Å². The molecule has 0 heterocycles. The molecule has 0 bridgehead atoms. The van der Waals surface area contributed by atoms with E-state index in [1.807, 2.05) is 6.07 Å². The second kappa shape index (κ2) is 6.18. The molecule has 0 aromatic carbocycles. The molecule has 13 heavy (non-hydrogen) atoms. The van der Waals surface area contributed by atoms with E-state index in [2.05, 4.69) is 6.58 Å². The van der Waals surface area contributed by atoms with Crippen LogP contribution in [0.2, 0.25) is 0 Å². The Hall–Kier alpha value is -1.37. The van der Waals surface area contributed by atoms with Gasteiger partial charge in [-0.25, -0.2) is 8.78 Å². The third-order valence-corrected chi connectivity index (χ3v) is 1.22. The second-order valence-corrected chi connectivity index (χ2v) is 2.45. The van der Waals surface area contributed by atoms with Gasteiger partial charge in [0, 0.05) is 5.57 Å². The van der Waals surface area contributed by atoms with Gasteiger partial charge in [0.25, 0.3) is 0 Å². The number of nitriles is 1. The summed E-state index contributed by atoms with van der Waals surface area (Å²) in [6, 6.07) is 1.84. The molecule has 0 saturated heterocycles. The first-order valence-electron chi connectivity index (χ1n) is 3.70. The van der Waals surface area contributed by atoms with Crippen LogP contribution in [0.25, 0.3) is 0 Å². The summed E-state index contributed by atoms with van der Waals surface area (Å²) in [7, 11) is 0. The van der Waals surface area contributed by atoms with Crippen molar-refractivity contribution in [2.45, 2.75) is 13.0 Å². The first-order valence-corrected chi connectivity index (χ1v) is 3.70. The van der Waals surface area contributed by atoms with Crippen molar-refractivity contribution in [3.05, 3.63) is 24.0 Å². The lowest BCUT2D eigenvalue weighted by atomic mass is 10.3. The third kappa shape index (κ3) is 4.96. The van der Waals surface area contributed by atoms with Gasteiger partial charge >= 0.3 is 0 Å². The Kier molecular flexibility index (Phi) is 5.53.